The van der Waals surface area contributed by atoms with Gasteiger partial charge in [0.05, 0.1) is 33.1 Å². The predicted molar refractivity (Wildman–Crippen MR) is 119 cm³/mol. The van der Waals surface area contributed by atoms with Crippen LogP contribution in [-0.2, 0) is 23.4 Å². The first kappa shape index (κ1) is 21.1. The summed E-state index contributed by atoms with van der Waals surface area (Å²) >= 11 is 0. The van der Waals surface area contributed by atoms with Crippen LogP contribution in [0.4, 0.5) is 0 Å². The van der Waals surface area contributed by atoms with Crippen molar-refractivity contribution in [2.45, 2.75) is 50.6 Å². The second-order valence-electron chi connectivity index (χ2n) is 8.89. The van der Waals surface area contributed by atoms with E-state index in [4.69, 9.17) is 18.9 Å². The SMILES string of the molecule is COc1ccc([C@]23CCN(C)C2=CC2(CC3)OCc3c(CO)cnc(C)c3O2)cc1OC. The summed E-state index contributed by atoms with van der Waals surface area (Å²) in [7, 11) is 5.45. The van der Waals surface area contributed by atoms with Crippen LogP contribution in [0.2, 0.25) is 0 Å². The zero-order valence-corrected chi connectivity index (χ0v) is 19.1. The largest absolute Gasteiger partial charge is 0.493 e. The molecule has 1 saturated heterocycles. The maximum Gasteiger partial charge on any atom is 0.232 e. The fraction of sp³-hybridized carbons (Fsp3) is 0.480. The Hall–Kier alpha value is -2.77. The van der Waals surface area contributed by atoms with Gasteiger partial charge in [0, 0.05) is 54.5 Å². The summed E-state index contributed by atoms with van der Waals surface area (Å²) in [6.07, 6.45) is 6.49. The van der Waals surface area contributed by atoms with Gasteiger partial charge in [-0.2, -0.15) is 0 Å². The van der Waals surface area contributed by atoms with Crippen LogP contribution in [-0.4, -0.2) is 48.6 Å². The van der Waals surface area contributed by atoms with Gasteiger partial charge in [-0.05, 0) is 37.5 Å². The zero-order chi connectivity index (χ0) is 22.5. The molecule has 32 heavy (non-hydrogen) atoms. The van der Waals surface area contributed by atoms with Crippen LogP contribution in [0.25, 0.3) is 0 Å². The number of likely N-dealkylation sites (N-methyl/N-ethyl adjacent to an activating group) is 1. The van der Waals surface area contributed by atoms with Crippen molar-refractivity contribution in [2.24, 2.45) is 0 Å². The molecule has 7 heteroatoms. The molecule has 1 spiro atoms. The number of rotatable bonds is 4. The smallest absolute Gasteiger partial charge is 0.232 e. The van der Waals surface area contributed by atoms with Crippen molar-refractivity contribution < 1.29 is 24.1 Å². The maximum atomic E-state index is 9.70. The lowest BCUT2D eigenvalue weighted by Crippen LogP contribution is -2.47. The van der Waals surface area contributed by atoms with Crippen LogP contribution < -0.4 is 14.2 Å². The summed E-state index contributed by atoms with van der Waals surface area (Å²) in [5, 5.41) is 9.70. The second kappa shape index (κ2) is 7.67. The van der Waals surface area contributed by atoms with Crippen molar-refractivity contribution in [2.75, 3.05) is 27.8 Å². The first-order chi connectivity index (χ1) is 15.4. The molecule has 1 aliphatic carbocycles. The molecule has 3 aliphatic rings. The fourth-order valence-corrected chi connectivity index (χ4v) is 5.41. The van der Waals surface area contributed by atoms with E-state index in [1.807, 2.05) is 13.0 Å². The maximum absolute atomic E-state index is 9.70. The first-order valence-electron chi connectivity index (χ1n) is 11.0. The third-order valence-corrected chi connectivity index (χ3v) is 7.28. The lowest BCUT2D eigenvalue weighted by Gasteiger charge is -2.45. The average Bonchev–Trinajstić information content (AvgIpc) is 3.16. The average molecular weight is 439 g/mol. The molecule has 0 radical (unpaired) electrons. The monoisotopic (exact) mass is 438 g/mol. The molecule has 1 aromatic carbocycles. The molecule has 0 saturated carbocycles. The predicted octanol–water partition coefficient (Wildman–Crippen LogP) is 3.46. The number of pyridine rings is 1. The van der Waals surface area contributed by atoms with Crippen molar-refractivity contribution >= 4 is 0 Å². The number of hydrogen-bond acceptors (Lipinski definition) is 7. The van der Waals surface area contributed by atoms with Crippen LogP contribution in [0.3, 0.4) is 0 Å². The van der Waals surface area contributed by atoms with E-state index in [1.54, 1.807) is 20.4 Å². The van der Waals surface area contributed by atoms with Gasteiger partial charge < -0.3 is 29.0 Å². The lowest BCUT2D eigenvalue weighted by atomic mass is 9.69. The molecule has 1 N–H and O–H groups in total. The van der Waals surface area contributed by atoms with Gasteiger partial charge in [0.2, 0.25) is 5.79 Å². The van der Waals surface area contributed by atoms with Crippen LogP contribution in [0.1, 0.15) is 41.6 Å². The molecule has 1 aromatic heterocycles. The molecular formula is C25H30N2O5. The van der Waals surface area contributed by atoms with Gasteiger partial charge in [0.25, 0.3) is 0 Å². The number of allylic oxidation sites excluding steroid dienone is 1. The second-order valence-corrected chi connectivity index (χ2v) is 8.89. The number of fused-ring (bicyclic) bond motifs is 2. The van der Waals surface area contributed by atoms with Crippen molar-refractivity contribution in [3.8, 4) is 17.2 Å². The highest BCUT2D eigenvalue weighted by molar-refractivity contribution is 5.50. The van der Waals surface area contributed by atoms with Gasteiger partial charge in [-0.15, -0.1) is 0 Å². The van der Waals surface area contributed by atoms with Crippen LogP contribution in [0, 0.1) is 6.92 Å². The minimum atomic E-state index is -0.832. The van der Waals surface area contributed by atoms with E-state index in [0.717, 1.165) is 59.9 Å². The normalized spacial score (nSPS) is 26.3. The number of ether oxygens (including phenoxy) is 4. The summed E-state index contributed by atoms with van der Waals surface area (Å²) in [4.78, 5) is 6.72. The molecule has 0 amide bonds. The number of methoxy groups -OCH3 is 2. The Balaban J connectivity index is 1.56. The highest BCUT2D eigenvalue weighted by Gasteiger charge is 2.52. The number of aliphatic hydroxyl groups excluding tert-OH is 1. The van der Waals surface area contributed by atoms with Crippen LogP contribution in [0.5, 0.6) is 17.2 Å². The summed E-state index contributed by atoms with van der Waals surface area (Å²) in [5.41, 5.74) is 4.77. The summed E-state index contributed by atoms with van der Waals surface area (Å²) < 4.78 is 23.9. The summed E-state index contributed by atoms with van der Waals surface area (Å²) in [6, 6.07) is 6.23. The quantitative estimate of drug-likeness (QED) is 0.784. The molecule has 170 valence electrons. The Bertz CT molecular complexity index is 1080. The first-order valence-corrected chi connectivity index (χ1v) is 11.0. The van der Waals surface area contributed by atoms with E-state index in [1.165, 1.54) is 11.3 Å². The number of nitrogens with zero attached hydrogens (tertiary/aromatic N) is 2. The number of likely N-dealkylation sites (tertiary alicyclic amines) is 1. The highest BCUT2D eigenvalue weighted by Crippen LogP contribution is 2.54. The molecule has 7 nitrogen and oxygen atoms in total. The van der Waals surface area contributed by atoms with E-state index < -0.39 is 5.79 Å². The number of benzene rings is 1. The Labute approximate surface area is 188 Å². The molecule has 0 bridgehead atoms. The Morgan fingerprint density at radius 1 is 1.16 bits per heavy atom. The zero-order valence-electron chi connectivity index (χ0n) is 19.1. The van der Waals surface area contributed by atoms with Crippen molar-refractivity contribution in [3.05, 3.63) is 58.6 Å². The Morgan fingerprint density at radius 3 is 2.72 bits per heavy atom. The number of aliphatic hydroxyl groups is 1. The van der Waals surface area contributed by atoms with Crippen molar-refractivity contribution in [1.82, 2.24) is 9.88 Å². The number of hydrogen-bond donors (Lipinski definition) is 1. The van der Waals surface area contributed by atoms with E-state index in [2.05, 4.69) is 35.1 Å². The molecule has 2 aromatic rings. The van der Waals surface area contributed by atoms with Gasteiger partial charge in [-0.25, -0.2) is 0 Å². The fourth-order valence-electron chi connectivity index (χ4n) is 5.41. The van der Waals surface area contributed by atoms with Crippen molar-refractivity contribution in [1.29, 1.82) is 0 Å². The van der Waals surface area contributed by atoms with Gasteiger partial charge in [-0.3, -0.25) is 4.98 Å². The molecule has 5 rings (SSSR count). The topological polar surface area (TPSA) is 73.3 Å². The lowest BCUT2D eigenvalue weighted by molar-refractivity contribution is -0.183. The standard InChI is InChI=1S/C25H30N2O5/c1-16-23-19(17(14-28)13-26-16)15-31-25(32-23)8-7-24(9-10-27(2)22(24)12-25)18-5-6-20(29-3)21(11-18)30-4/h5-6,11-13,28H,7-10,14-15H2,1-4H3/t24-,25?/m0/s1. The minimum Gasteiger partial charge on any atom is -0.493 e. The molecule has 2 aliphatic heterocycles. The molecule has 2 atom stereocenters. The number of aromatic nitrogens is 1. The van der Waals surface area contributed by atoms with Crippen molar-refractivity contribution in [3.63, 3.8) is 0 Å². The third kappa shape index (κ3) is 3.06. The van der Waals surface area contributed by atoms with Crippen LogP contribution in [0.15, 0.2) is 36.2 Å². The van der Waals surface area contributed by atoms with Gasteiger partial charge in [0.1, 0.15) is 0 Å². The van der Waals surface area contributed by atoms with Gasteiger partial charge in [0.15, 0.2) is 17.2 Å². The molecule has 3 heterocycles. The Morgan fingerprint density at radius 2 is 1.97 bits per heavy atom. The third-order valence-electron chi connectivity index (χ3n) is 7.28. The van der Waals surface area contributed by atoms with Gasteiger partial charge in [-0.1, -0.05) is 6.07 Å². The van der Waals surface area contributed by atoms with E-state index in [0.29, 0.717) is 6.61 Å². The summed E-state index contributed by atoms with van der Waals surface area (Å²) in [5.74, 6) is 1.38. The van der Waals surface area contributed by atoms with Gasteiger partial charge >= 0.3 is 0 Å². The molecule has 1 unspecified atom stereocenters. The van der Waals surface area contributed by atoms with E-state index >= 15 is 0 Å². The molecule has 1 fully saturated rings. The van der Waals surface area contributed by atoms with E-state index in [9.17, 15) is 5.11 Å². The summed E-state index contributed by atoms with van der Waals surface area (Å²) in [6.45, 7) is 3.21. The van der Waals surface area contributed by atoms with E-state index in [-0.39, 0.29) is 12.0 Å². The number of aryl methyl sites for hydroxylation is 1. The Kier molecular flexibility index (Phi) is 5.06. The minimum absolute atomic E-state index is 0.0818. The molecular weight excluding hydrogens is 408 g/mol. The van der Waals surface area contributed by atoms with Crippen LogP contribution >= 0.6 is 0 Å². The highest BCUT2D eigenvalue weighted by atomic mass is 16.7.